The van der Waals surface area contributed by atoms with Crippen molar-refractivity contribution in [2.75, 3.05) is 10.6 Å². The predicted molar refractivity (Wildman–Crippen MR) is 144 cm³/mol. The molecule has 35 heavy (non-hydrogen) atoms. The first-order valence-electron chi connectivity index (χ1n) is 10.9. The Balaban J connectivity index is 1.27. The predicted octanol–water partition coefficient (Wildman–Crippen LogP) is 6.35. The molecule has 0 saturated carbocycles. The van der Waals surface area contributed by atoms with E-state index in [9.17, 15) is 9.59 Å². The fourth-order valence-corrected chi connectivity index (χ4v) is 5.06. The van der Waals surface area contributed by atoms with Crippen LogP contribution in [-0.2, 0) is 10.5 Å². The van der Waals surface area contributed by atoms with Crippen molar-refractivity contribution in [1.82, 2.24) is 10.2 Å². The average molecular weight is 501 g/mol. The van der Waals surface area contributed by atoms with Gasteiger partial charge in [0.2, 0.25) is 11.0 Å². The molecule has 6 nitrogen and oxygen atoms in total. The van der Waals surface area contributed by atoms with Gasteiger partial charge in [-0.25, -0.2) is 0 Å². The van der Waals surface area contributed by atoms with Crippen LogP contribution in [0, 0.1) is 13.8 Å². The Morgan fingerprint density at radius 3 is 2.34 bits per heavy atom. The summed E-state index contributed by atoms with van der Waals surface area (Å²) in [4.78, 5) is 24.7. The normalized spacial score (nSPS) is 10.9. The molecule has 0 aliphatic rings. The van der Waals surface area contributed by atoms with Gasteiger partial charge >= 0.3 is 0 Å². The second-order valence-electron chi connectivity index (χ2n) is 7.92. The van der Waals surface area contributed by atoms with Crippen molar-refractivity contribution in [3.63, 3.8) is 0 Å². The number of rotatable bonds is 8. The summed E-state index contributed by atoms with van der Waals surface area (Å²) in [6.07, 6.45) is 3.22. The van der Waals surface area contributed by atoms with Gasteiger partial charge in [-0.3, -0.25) is 14.9 Å². The Morgan fingerprint density at radius 1 is 0.914 bits per heavy atom. The molecule has 0 unspecified atom stereocenters. The lowest BCUT2D eigenvalue weighted by Crippen LogP contribution is -2.12. The molecule has 2 N–H and O–H groups in total. The van der Waals surface area contributed by atoms with E-state index in [1.807, 2.05) is 80.6 Å². The summed E-state index contributed by atoms with van der Waals surface area (Å²) in [5.41, 5.74) is 5.62. The molecule has 2 amide bonds. The van der Waals surface area contributed by atoms with Crippen molar-refractivity contribution in [2.24, 2.45) is 0 Å². The minimum atomic E-state index is -0.253. The molecule has 0 aliphatic heterocycles. The van der Waals surface area contributed by atoms with Gasteiger partial charge in [0.25, 0.3) is 5.91 Å². The zero-order chi connectivity index (χ0) is 24.6. The van der Waals surface area contributed by atoms with Crippen LogP contribution in [-0.4, -0.2) is 22.0 Å². The highest BCUT2D eigenvalue weighted by molar-refractivity contribution is 8.00. The molecule has 4 aromatic rings. The Morgan fingerprint density at radius 2 is 1.63 bits per heavy atom. The highest BCUT2D eigenvalue weighted by Gasteiger charge is 2.09. The number of aromatic nitrogens is 2. The fourth-order valence-electron chi connectivity index (χ4n) is 3.35. The maximum absolute atomic E-state index is 12.6. The topological polar surface area (TPSA) is 84.0 Å². The van der Waals surface area contributed by atoms with Crippen molar-refractivity contribution in [3.05, 3.63) is 107 Å². The number of benzene rings is 3. The standard InChI is InChI=1S/C27H24N4O2S2/c1-18-14-19(2)16-23(15-18)28-25(33)22-11-8-21(9-12-22)17-34-27-31-30-26(35-27)29-24(32)13-10-20-6-4-3-5-7-20/h3-16H,17H2,1-2H3,(H,28,33)(H,29,30,32)/b13-10+. The molecule has 0 fully saturated rings. The van der Waals surface area contributed by atoms with E-state index in [4.69, 9.17) is 0 Å². The summed E-state index contributed by atoms with van der Waals surface area (Å²) in [6.45, 7) is 4.01. The van der Waals surface area contributed by atoms with E-state index < -0.39 is 0 Å². The lowest BCUT2D eigenvalue weighted by molar-refractivity contribution is -0.111. The molecule has 0 bridgehead atoms. The van der Waals surface area contributed by atoms with Gasteiger partial charge in [0.15, 0.2) is 4.34 Å². The molecule has 1 heterocycles. The number of nitrogens with zero attached hydrogens (tertiary/aromatic N) is 2. The molecule has 0 atom stereocenters. The van der Waals surface area contributed by atoms with E-state index in [1.54, 1.807) is 6.08 Å². The maximum atomic E-state index is 12.6. The molecule has 176 valence electrons. The number of thioether (sulfide) groups is 1. The molecule has 8 heteroatoms. The first-order chi connectivity index (χ1) is 16.9. The minimum absolute atomic E-state index is 0.139. The molecule has 3 aromatic carbocycles. The van der Waals surface area contributed by atoms with Gasteiger partial charge < -0.3 is 5.32 Å². The monoisotopic (exact) mass is 500 g/mol. The number of nitrogens with one attached hydrogen (secondary N) is 2. The number of hydrogen-bond acceptors (Lipinski definition) is 6. The Bertz CT molecular complexity index is 1330. The molecule has 0 spiro atoms. The number of aryl methyl sites for hydroxylation is 2. The Kier molecular flexibility index (Phi) is 8.07. The number of anilines is 2. The summed E-state index contributed by atoms with van der Waals surface area (Å²) in [7, 11) is 0. The second kappa shape index (κ2) is 11.6. The van der Waals surface area contributed by atoms with Crippen molar-refractivity contribution >= 4 is 51.8 Å². The smallest absolute Gasteiger partial charge is 0.255 e. The summed E-state index contributed by atoms with van der Waals surface area (Å²) >= 11 is 2.85. The number of carbonyl (C=O) groups is 2. The maximum Gasteiger partial charge on any atom is 0.255 e. The highest BCUT2D eigenvalue weighted by Crippen LogP contribution is 2.28. The van der Waals surface area contributed by atoms with Crippen molar-refractivity contribution in [3.8, 4) is 0 Å². The minimum Gasteiger partial charge on any atom is -0.322 e. The van der Waals surface area contributed by atoms with Gasteiger partial charge in [-0.15, -0.1) is 10.2 Å². The first-order valence-corrected chi connectivity index (χ1v) is 12.7. The van der Waals surface area contributed by atoms with Gasteiger partial charge in [-0.2, -0.15) is 0 Å². The Labute approximate surface area is 212 Å². The fraction of sp³-hybridized carbons (Fsp3) is 0.111. The number of hydrogen-bond donors (Lipinski definition) is 2. The lowest BCUT2D eigenvalue weighted by atomic mass is 10.1. The van der Waals surface area contributed by atoms with Gasteiger partial charge in [0.05, 0.1) is 0 Å². The summed E-state index contributed by atoms with van der Waals surface area (Å²) in [6, 6.07) is 23.1. The van der Waals surface area contributed by atoms with E-state index in [0.717, 1.165) is 32.3 Å². The average Bonchev–Trinajstić information content (AvgIpc) is 3.29. The molecule has 0 saturated heterocycles. The summed E-state index contributed by atoms with van der Waals surface area (Å²) < 4.78 is 0.754. The molecule has 1 aromatic heterocycles. The van der Waals surface area contributed by atoms with Crippen LogP contribution in [0.15, 0.2) is 83.2 Å². The summed E-state index contributed by atoms with van der Waals surface area (Å²) in [5.74, 6) is 0.284. The zero-order valence-corrected chi connectivity index (χ0v) is 21.0. The van der Waals surface area contributed by atoms with Gasteiger partial charge in [0.1, 0.15) is 0 Å². The zero-order valence-electron chi connectivity index (χ0n) is 19.3. The van der Waals surface area contributed by atoms with E-state index in [-0.39, 0.29) is 11.8 Å². The molecular weight excluding hydrogens is 476 g/mol. The molecule has 0 radical (unpaired) electrons. The van der Waals surface area contributed by atoms with E-state index >= 15 is 0 Å². The third-order valence-electron chi connectivity index (χ3n) is 4.92. The van der Waals surface area contributed by atoms with Crippen LogP contribution in [0.3, 0.4) is 0 Å². The Hall–Kier alpha value is -3.75. The first kappa shape index (κ1) is 24.4. The van der Waals surface area contributed by atoms with Crippen LogP contribution in [0.25, 0.3) is 6.08 Å². The van der Waals surface area contributed by atoms with E-state index in [0.29, 0.717) is 16.4 Å². The molecular formula is C27H24N4O2S2. The van der Waals surface area contributed by atoms with Gasteiger partial charge in [0, 0.05) is 23.1 Å². The lowest BCUT2D eigenvalue weighted by Gasteiger charge is -2.08. The molecule has 0 aliphatic carbocycles. The van der Waals surface area contributed by atoms with Crippen molar-refractivity contribution in [1.29, 1.82) is 0 Å². The van der Waals surface area contributed by atoms with Gasteiger partial charge in [-0.1, -0.05) is 71.6 Å². The van der Waals surface area contributed by atoms with Crippen LogP contribution < -0.4 is 10.6 Å². The highest BCUT2D eigenvalue weighted by atomic mass is 32.2. The van der Waals surface area contributed by atoms with Crippen LogP contribution >= 0.6 is 23.1 Å². The largest absolute Gasteiger partial charge is 0.322 e. The van der Waals surface area contributed by atoms with Crippen LogP contribution in [0.1, 0.15) is 32.6 Å². The second-order valence-corrected chi connectivity index (χ2v) is 10.1. The van der Waals surface area contributed by atoms with Crippen molar-refractivity contribution < 1.29 is 9.59 Å². The van der Waals surface area contributed by atoms with Gasteiger partial charge in [-0.05, 0) is 66.4 Å². The van der Waals surface area contributed by atoms with E-state index in [2.05, 4.69) is 26.9 Å². The quantitative estimate of drug-likeness (QED) is 0.167. The SMILES string of the molecule is Cc1cc(C)cc(NC(=O)c2ccc(CSc3nnc(NC(=O)/C=C/c4ccccc4)s3)cc2)c1. The third kappa shape index (κ3) is 7.37. The summed E-state index contributed by atoms with van der Waals surface area (Å²) in [5, 5.41) is 14.3. The third-order valence-corrected chi connectivity index (χ3v) is 6.96. The number of amides is 2. The van der Waals surface area contributed by atoms with Crippen molar-refractivity contribution in [2.45, 2.75) is 23.9 Å². The van der Waals surface area contributed by atoms with Crippen LogP contribution in [0.4, 0.5) is 10.8 Å². The van der Waals surface area contributed by atoms with Crippen LogP contribution in [0.2, 0.25) is 0 Å². The van der Waals surface area contributed by atoms with Crippen LogP contribution in [0.5, 0.6) is 0 Å². The van der Waals surface area contributed by atoms with E-state index in [1.165, 1.54) is 29.2 Å². The number of carbonyl (C=O) groups excluding carboxylic acids is 2. The molecule has 4 rings (SSSR count).